The molecule has 1 fully saturated rings. The molecule has 1 aliphatic heterocycles. The van der Waals surface area contributed by atoms with Crippen LogP contribution < -0.4 is 5.32 Å². The van der Waals surface area contributed by atoms with Crippen LogP contribution in [0.4, 0.5) is 4.39 Å². The van der Waals surface area contributed by atoms with Gasteiger partial charge in [0.05, 0.1) is 0 Å². The van der Waals surface area contributed by atoms with Crippen molar-refractivity contribution in [3.63, 3.8) is 0 Å². The van der Waals surface area contributed by atoms with Gasteiger partial charge in [-0.25, -0.2) is 4.39 Å². The van der Waals surface area contributed by atoms with Gasteiger partial charge in [-0.3, -0.25) is 0 Å². The molecule has 2 unspecified atom stereocenters. The first-order chi connectivity index (χ1) is 6.17. The van der Waals surface area contributed by atoms with Gasteiger partial charge in [-0.15, -0.1) is 12.3 Å². The Morgan fingerprint density at radius 1 is 1.62 bits per heavy atom. The number of piperidine rings is 1. The number of hydrogen-bond donors (Lipinski definition) is 1. The molecule has 2 atom stereocenters. The molecule has 1 saturated heterocycles. The maximum absolute atomic E-state index is 14.0. The van der Waals surface area contributed by atoms with Gasteiger partial charge in [0.1, 0.15) is 5.67 Å². The summed E-state index contributed by atoms with van der Waals surface area (Å²) in [5.41, 5.74) is -1.13. The van der Waals surface area contributed by atoms with Gasteiger partial charge in [-0.05, 0) is 32.7 Å². The normalized spacial score (nSPS) is 27.6. The summed E-state index contributed by atoms with van der Waals surface area (Å²) in [5.74, 6) is 2.50. The van der Waals surface area contributed by atoms with Crippen molar-refractivity contribution in [1.29, 1.82) is 0 Å². The minimum atomic E-state index is -1.13. The van der Waals surface area contributed by atoms with Crippen LogP contribution in [0.5, 0.6) is 0 Å². The summed E-state index contributed by atoms with van der Waals surface area (Å²) in [4.78, 5) is 0. The largest absolute Gasteiger partial charge is 0.311 e. The average Bonchev–Trinajstić information content (AvgIpc) is 2.16. The van der Waals surface area contributed by atoms with Crippen molar-refractivity contribution in [2.75, 3.05) is 6.54 Å². The van der Waals surface area contributed by atoms with Crippen LogP contribution >= 0.6 is 0 Å². The van der Waals surface area contributed by atoms with Crippen molar-refractivity contribution in [3.8, 4) is 12.3 Å². The number of rotatable bonds is 3. The fraction of sp³-hybridized carbons (Fsp3) is 0.818. The molecule has 0 spiro atoms. The fourth-order valence-electron chi connectivity index (χ4n) is 1.86. The van der Waals surface area contributed by atoms with E-state index in [-0.39, 0.29) is 6.04 Å². The van der Waals surface area contributed by atoms with E-state index in [1.165, 1.54) is 6.42 Å². The van der Waals surface area contributed by atoms with Gasteiger partial charge in [0, 0.05) is 12.5 Å². The molecule has 0 amide bonds. The van der Waals surface area contributed by atoms with Crippen molar-refractivity contribution in [1.82, 2.24) is 5.32 Å². The third kappa shape index (κ3) is 3.00. The van der Waals surface area contributed by atoms with Crippen LogP contribution in [-0.2, 0) is 0 Å². The lowest BCUT2D eigenvalue weighted by molar-refractivity contribution is 0.100. The summed E-state index contributed by atoms with van der Waals surface area (Å²) in [6, 6.07) is 0.00889. The van der Waals surface area contributed by atoms with E-state index in [2.05, 4.69) is 11.2 Å². The smallest absolute Gasteiger partial charge is 0.124 e. The monoisotopic (exact) mass is 183 g/mol. The van der Waals surface area contributed by atoms with Crippen molar-refractivity contribution >= 4 is 0 Å². The third-order valence-corrected chi connectivity index (χ3v) is 2.80. The molecule has 1 rings (SSSR count). The van der Waals surface area contributed by atoms with Gasteiger partial charge in [-0.2, -0.15) is 0 Å². The summed E-state index contributed by atoms with van der Waals surface area (Å²) in [7, 11) is 0. The van der Waals surface area contributed by atoms with E-state index in [1.807, 2.05) is 0 Å². The van der Waals surface area contributed by atoms with Crippen molar-refractivity contribution in [2.45, 2.75) is 50.7 Å². The molecule has 0 bridgehead atoms. The summed E-state index contributed by atoms with van der Waals surface area (Å²) in [6.45, 7) is 2.60. The first kappa shape index (κ1) is 10.5. The second kappa shape index (κ2) is 4.62. The van der Waals surface area contributed by atoms with E-state index in [4.69, 9.17) is 6.42 Å². The molecule has 0 aromatic rings. The molecule has 1 N–H and O–H groups in total. The van der Waals surface area contributed by atoms with Crippen LogP contribution in [0.1, 0.15) is 39.0 Å². The van der Waals surface area contributed by atoms with E-state index in [9.17, 15) is 4.39 Å². The van der Waals surface area contributed by atoms with Gasteiger partial charge < -0.3 is 5.32 Å². The maximum Gasteiger partial charge on any atom is 0.124 e. The fourth-order valence-corrected chi connectivity index (χ4v) is 1.86. The molecule has 0 aromatic heterocycles. The Bertz CT molecular complexity index is 187. The second-order valence-corrected chi connectivity index (χ2v) is 3.98. The van der Waals surface area contributed by atoms with Crippen LogP contribution in [0.15, 0.2) is 0 Å². The molecule has 74 valence electrons. The van der Waals surface area contributed by atoms with E-state index in [1.54, 1.807) is 6.92 Å². The first-order valence-corrected chi connectivity index (χ1v) is 5.02. The highest BCUT2D eigenvalue weighted by Gasteiger charge is 2.33. The highest BCUT2D eigenvalue weighted by molar-refractivity contribution is 4.94. The summed E-state index contributed by atoms with van der Waals surface area (Å²) in [5, 5.41) is 3.22. The predicted molar refractivity (Wildman–Crippen MR) is 53.2 cm³/mol. The molecular weight excluding hydrogens is 165 g/mol. The van der Waals surface area contributed by atoms with E-state index in [0.717, 1.165) is 19.4 Å². The standard InChI is InChI=1S/C11H18FN/c1-3-4-8-11(2,12)10-7-5-6-9-13-10/h1,10,13H,4-9H2,2H3. The Balaban J connectivity index is 2.42. The number of terminal acetylenes is 1. The van der Waals surface area contributed by atoms with Gasteiger partial charge in [0.2, 0.25) is 0 Å². The van der Waals surface area contributed by atoms with Crippen LogP contribution in [-0.4, -0.2) is 18.3 Å². The molecule has 13 heavy (non-hydrogen) atoms. The highest BCUT2D eigenvalue weighted by Crippen LogP contribution is 2.27. The number of halogens is 1. The SMILES string of the molecule is C#CCCC(C)(F)C1CCCCN1. The lowest BCUT2D eigenvalue weighted by Gasteiger charge is -2.34. The number of hydrogen-bond acceptors (Lipinski definition) is 1. The van der Waals surface area contributed by atoms with E-state index >= 15 is 0 Å². The Hall–Kier alpha value is -0.550. The number of alkyl halides is 1. The zero-order valence-corrected chi connectivity index (χ0v) is 8.28. The van der Waals surface area contributed by atoms with Crippen LogP contribution in [0, 0.1) is 12.3 Å². The van der Waals surface area contributed by atoms with Gasteiger partial charge in [0.15, 0.2) is 0 Å². The second-order valence-electron chi connectivity index (χ2n) is 3.98. The van der Waals surface area contributed by atoms with Crippen LogP contribution in [0.25, 0.3) is 0 Å². The predicted octanol–water partition coefficient (Wildman–Crippen LogP) is 2.27. The van der Waals surface area contributed by atoms with Gasteiger partial charge in [0.25, 0.3) is 0 Å². The quantitative estimate of drug-likeness (QED) is 0.662. The lowest BCUT2D eigenvalue weighted by atomic mass is 9.87. The summed E-state index contributed by atoms with van der Waals surface area (Å²) >= 11 is 0. The third-order valence-electron chi connectivity index (χ3n) is 2.80. The average molecular weight is 183 g/mol. The molecule has 1 nitrogen and oxygen atoms in total. The molecule has 1 aliphatic rings. The molecule has 1 heterocycles. The minimum absolute atomic E-state index is 0.00889. The van der Waals surface area contributed by atoms with Gasteiger partial charge in [-0.1, -0.05) is 6.42 Å². The van der Waals surface area contributed by atoms with Crippen molar-refractivity contribution in [3.05, 3.63) is 0 Å². The van der Waals surface area contributed by atoms with Gasteiger partial charge >= 0.3 is 0 Å². The Kier molecular flexibility index (Phi) is 3.74. The van der Waals surface area contributed by atoms with Crippen molar-refractivity contribution < 1.29 is 4.39 Å². The molecular formula is C11H18FN. The molecule has 0 saturated carbocycles. The summed E-state index contributed by atoms with van der Waals surface area (Å²) in [6.07, 6.45) is 9.38. The van der Waals surface area contributed by atoms with Crippen LogP contribution in [0.3, 0.4) is 0 Å². The topological polar surface area (TPSA) is 12.0 Å². The van der Waals surface area contributed by atoms with E-state index < -0.39 is 5.67 Å². The van der Waals surface area contributed by atoms with E-state index in [0.29, 0.717) is 12.8 Å². The zero-order valence-electron chi connectivity index (χ0n) is 8.28. The first-order valence-electron chi connectivity index (χ1n) is 5.02. The molecule has 2 heteroatoms. The molecule has 0 radical (unpaired) electrons. The zero-order chi connectivity index (χ0) is 9.73. The summed E-state index contributed by atoms with van der Waals surface area (Å²) < 4.78 is 14.0. The number of nitrogens with one attached hydrogen (secondary N) is 1. The Morgan fingerprint density at radius 3 is 2.92 bits per heavy atom. The maximum atomic E-state index is 14.0. The Labute approximate surface area is 80.1 Å². The minimum Gasteiger partial charge on any atom is -0.311 e. The Morgan fingerprint density at radius 2 is 2.38 bits per heavy atom. The van der Waals surface area contributed by atoms with Crippen LogP contribution in [0.2, 0.25) is 0 Å². The van der Waals surface area contributed by atoms with Crippen molar-refractivity contribution in [2.24, 2.45) is 0 Å². The molecule has 0 aromatic carbocycles. The molecule has 0 aliphatic carbocycles. The lowest BCUT2D eigenvalue weighted by Crippen LogP contribution is -2.48. The highest BCUT2D eigenvalue weighted by atomic mass is 19.1.